The van der Waals surface area contributed by atoms with Crippen molar-refractivity contribution in [1.82, 2.24) is 0 Å². The Hall–Kier alpha value is -3.95. The van der Waals surface area contributed by atoms with Gasteiger partial charge in [-0.05, 0) is 38.1 Å². The number of ether oxygens (including phenoxy) is 2. The van der Waals surface area contributed by atoms with Gasteiger partial charge in [0.1, 0.15) is 0 Å². The molecule has 2 N–H and O–H groups in total. The molecule has 10 nitrogen and oxygen atoms in total. The highest BCUT2D eigenvalue weighted by Crippen LogP contribution is 2.24. The molecular weight excluding hydrogens is 382 g/mol. The van der Waals surface area contributed by atoms with Crippen molar-refractivity contribution in [3.63, 3.8) is 0 Å². The number of anilines is 2. The van der Waals surface area contributed by atoms with Gasteiger partial charge in [-0.2, -0.15) is 0 Å². The average molecular weight is 401 g/mol. The van der Waals surface area contributed by atoms with Crippen LogP contribution in [-0.2, 0) is 14.3 Å². The molecule has 0 aliphatic carbocycles. The average Bonchev–Trinajstić information content (AvgIpc) is 2.68. The Morgan fingerprint density at radius 1 is 1.07 bits per heavy atom. The molecule has 29 heavy (non-hydrogen) atoms. The van der Waals surface area contributed by atoms with E-state index >= 15 is 0 Å². The molecule has 152 valence electrons. The lowest BCUT2D eigenvalue weighted by Gasteiger charge is -2.10. The maximum atomic E-state index is 12.1. The highest BCUT2D eigenvalue weighted by Gasteiger charge is 2.16. The monoisotopic (exact) mass is 401 g/mol. The predicted molar refractivity (Wildman–Crippen MR) is 104 cm³/mol. The topological polar surface area (TPSA) is 137 Å². The first kappa shape index (κ1) is 21.4. The summed E-state index contributed by atoms with van der Waals surface area (Å²) < 4.78 is 9.71. The number of rotatable bonds is 7. The molecule has 0 saturated carbocycles. The summed E-state index contributed by atoms with van der Waals surface area (Å²) in [4.78, 5) is 46.0. The fourth-order valence-electron chi connectivity index (χ4n) is 2.37. The number of carbonyl (C=O) groups is 3. The number of benzene rings is 2. The van der Waals surface area contributed by atoms with E-state index in [-0.39, 0.29) is 29.1 Å². The van der Waals surface area contributed by atoms with Gasteiger partial charge in [0.2, 0.25) is 0 Å². The Morgan fingerprint density at radius 3 is 2.48 bits per heavy atom. The van der Waals surface area contributed by atoms with Crippen LogP contribution in [-0.4, -0.2) is 36.1 Å². The molecule has 0 fully saturated rings. The van der Waals surface area contributed by atoms with E-state index in [2.05, 4.69) is 10.6 Å². The van der Waals surface area contributed by atoms with Crippen LogP contribution in [0.15, 0.2) is 42.5 Å². The quantitative estimate of drug-likeness (QED) is 0.413. The maximum absolute atomic E-state index is 12.1. The van der Waals surface area contributed by atoms with Crippen LogP contribution < -0.4 is 10.6 Å². The SMILES string of the molecule is CCOC(=O)Nc1cccc(C(=O)OCC(=O)Nc2cccc([N+](=O)[O-])c2C)c1. The second-order valence-electron chi connectivity index (χ2n) is 5.76. The first-order valence-corrected chi connectivity index (χ1v) is 8.56. The van der Waals surface area contributed by atoms with Crippen LogP contribution >= 0.6 is 0 Å². The van der Waals surface area contributed by atoms with Gasteiger partial charge >= 0.3 is 12.1 Å². The molecule has 0 bridgehead atoms. The van der Waals surface area contributed by atoms with Gasteiger partial charge in [0.15, 0.2) is 6.61 Å². The van der Waals surface area contributed by atoms with E-state index in [4.69, 9.17) is 9.47 Å². The number of amides is 2. The summed E-state index contributed by atoms with van der Waals surface area (Å²) in [5.41, 5.74) is 0.856. The zero-order chi connectivity index (χ0) is 21.4. The molecule has 0 aromatic heterocycles. The van der Waals surface area contributed by atoms with Gasteiger partial charge in [-0.1, -0.05) is 12.1 Å². The van der Waals surface area contributed by atoms with Crippen molar-refractivity contribution in [1.29, 1.82) is 0 Å². The van der Waals surface area contributed by atoms with Crippen LogP contribution in [0.5, 0.6) is 0 Å². The molecule has 0 spiro atoms. The molecule has 2 aromatic rings. The van der Waals surface area contributed by atoms with Crippen molar-refractivity contribution in [2.24, 2.45) is 0 Å². The Morgan fingerprint density at radius 2 is 1.79 bits per heavy atom. The minimum Gasteiger partial charge on any atom is -0.452 e. The van der Waals surface area contributed by atoms with Crippen LogP contribution in [0.2, 0.25) is 0 Å². The standard InChI is InChI=1S/C19H19N3O7/c1-3-28-19(25)20-14-7-4-6-13(10-14)18(24)29-11-17(23)21-15-8-5-9-16(12(15)2)22(26)27/h4-10H,3,11H2,1-2H3,(H,20,25)(H,21,23). The van der Waals surface area contributed by atoms with E-state index < -0.39 is 29.5 Å². The van der Waals surface area contributed by atoms with Crippen molar-refractivity contribution >= 4 is 35.0 Å². The van der Waals surface area contributed by atoms with Gasteiger partial charge in [0.05, 0.1) is 28.3 Å². The summed E-state index contributed by atoms with van der Waals surface area (Å²) in [6.45, 7) is 2.78. The van der Waals surface area contributed by atoms with E-state index in [1.807, 2.05) is 0 Å². The van der Waals surface area contributed by atoms with E-state index in [1.54, 1.807) is 13.0 Å². The number of nitro benzene ring substituents is 1. The summed E-state index contributed by atoms with van der Waals surface area (Å²) in [5, 5.41) is 15.9. The zero-order valence-electron chi connectivity index (χ0n) is 15.8. The lowest BCUT2D eigenvalue weighted by atomic mass is 10.1. The Labute approximate surface area is 166 Å². The number of nitrogens with zero attached hydrogens (tertiary/aromatic N) is 1. The van der Waals surface area contributed by atoms with Gasteiger partial charge in [0, 0.05) is 11.8 Å². The zero-order valence-corrected chi connectivity index (χ0v) is 15.8. The fourth-order valence-corrected chi connectivity index (χ4v) is 2.37. The van der Waals surface area contributed by atoms with Crippen LogP contribution in [0.1, 0.15) is 22.8 Å². The van der Waals surface area contributed by atoms with Crippen molar-refractivity contribution in [2.45, 2.75) is 13.8 Å². The van der Waals surface area contributed by atoms with Crippen LogP contribution in [0.4, 0.5) is 21.9 Å². The van der Waals surface area contributed by atoms with Crippen molar-refractivity contribution < 1.29 is 28.8 Å². The van der Waals surface area contributed by atoms with Crippen molar-refractivity contribution in [2.75, 3.05) is 23.8 Å². The second-order valence-corrected chi connectivity index (χ2v) is 5.76. The molecule has 10 heteroatoms. The van der Waals surface area contributed by atoms with Crippen LogP contribution in [0.3, 0.4) is 0 Å². The van der Waals surface area contributed by atoms with E-state index in [9.17, 15) is 24.5 Å². The fraction of sp³-hybridized carbons (Fsp3) is 0.211. The second kappa shape index (κ2) is 9.83. The summed E-state index contributed by atoms with van der Waals surface area (Å²) in [5.74, 6) is -1.42. The van der Waals surface area contributed by atoms with Crippen molar-refractivity contribution in [3.8, 4) is 0 Å². The van der Waals surface area contributed by atoms with Gasteiger partial charge in [-0.3, -0.25) is 20.2 Å². The highest BCUT2D eigenvalue weighted by atomic mass is 16.6. The highest BCUT2D eigenvalue weighted by molar-refractivity contribution is 5.97. The number of carbonyl (C=O) groups excluding carboxylic acids is 3. The molecule has 0 aliphatic heterocycles. The molecule has 0 atom stereocenters. The molecule has 0 radical (unpaired) electrons. The summed E-state index contributed by atoms with van der Waals surface area (Å²) in [6.07, 6.45) is -0.662. The summed E-state index contributed by atoms with van der Waals surface area (Å²) in [6, 6.07) is 10.2. The molecule has 2 amide bonds. The summed E-state index contributed by atoms with van der Waals surface area (Å²) >= 11 is 0. The third-order valence-electron chi connectivity index (χ3n) is 3.73. The number of nitro groups is 1. The Balaban J connectivity index is 1.95. The van der Waals surface area contributed by atoms with Crippen LogP contribution in [0.25, 0.3) is 0 Å². The lowest BCUT2D eigenvalue weighted by Crippen LogP contribution is -2.21. The van der Waals surface area contributed by atoms with Gasteiger partial charge < -0.3 is 14.8 Å². The van der Waals surface area contributed by atoms with Gasteiger partial charge in [-0.25, -0.2) is 9.59 Å². The lowest BCUT2D eigenvalue weighted by molar-refractivity contribution is -0.385. The minimum absolute atomic E-state index is 0.124. The van der Waals surface area contributed by atoms with E-state index in [0.29, 0.717) is 5.69 Å². The number of hydrogen-bond donors (Lipinski definition) is 2. The normalized spacial score (nSPS) is 10.0. The maximum Gasteiger partial charge on any atom is 0.411 e. The molecule has 0 heterocycles. The Bertz CT molecular complexity index is 943. The number of hydrogen-bond acceptors (Lipinski definition) is 7. The number of esters is 1. The predicted octanol–water partition coefficient (Wildman–Crippen LogP) is 3.27. The molecule has 2 aromatic carbocycles. The smallest absolute Gasteiger partial charge is 0.411 e. The molecule has 0 unspecified atom stereocenters. The van der Waals surface area contributed by atoms with Crippen LogP contribution in [0, 0.1) is 17.0 Å². The van der Waals surface area contributed by atoms with Gasteiger partial charge in [-0.15, -0.1) is 0 Å². The number of nitrogens with one attached hydrogen (secondary N) is 2. The third-order valence-corrected chi connectivity index (χ3v) is 3.73. The largest absolute Gasteiger partial charge is 0.452 e. The minimum atomic E-state index is -0.775. The van der Waals surface area contributed by atoms with E-state index in [1.165, 1.54) is 43.3 Å². The molecule has 0 aliphatic rings. The molecular formula is C19H19N3O7. The molecule has 2 rings (SSSR count). The van der Waals surface area contributed by atoms with E-state index in [0.717, 1.165) is 0 Å². The third kappa shape index (κ3) is 6.03. The first-order valence-electron chi connectivity index (χ1n) is 8.56. The Kier molecular flexibility index (Phi) is 7.24. The summed E-state index contributed by atoms with van der Waals surface area (Å²) in [7, 11) is 0. The van der Waals surface area contributed by atoms with Crippen molar-refractivity contribution in [3.05, 3.63) is 63.7 Å². The first-order chi connectivity index (χ1) is 13.8. The van der Waals surface area contributed by atoms with Gasteiger partial charge in [0.25, 0.3) is 11.6 Å². The molecule has 0 saturated heterocycles.